The van der Waals surface area contributed by atoms with Gasteiger partial charge in [-0.15, -0.1) is 0 Å². The maximum Gasteiger partial charge on any atom is 0.230 e. The minimum atomic E-state index is -0.858. The molecule has 0 bridgehead atoms. The quantitative estimate of drug-likeness (QED) is 0.899. The van der Waals surface area contributed by atoms with Gasteiger partial charge >= 0.3 is 0 Å². The van der Waals surface area contributed by atoms with E-state index in [4.69, 9.17) is 11.6 Å². The van der Waals surface area contributed by atoms with E-state index in [2.05, 4.69) is 10.6 Å². The molecule has 0 atom stereocenters. The maximum absolute atomic E-state index is 13.7. The minimum Gasteiger partial charge on any atom is -0.322 e. The number of hydrogen-bond donors (Lipinski definition) is 2. The molecule has 1 aromatic carbocycles. The van der Waals surface area contributed by atoms with Crippen molar-refractivity contribution in [3.63, 3.8) is 0 Å². The van der Waals surface area contributed by atoms with E-state index in [1.807, 2.05) is 6.92 Å². The Morgan fingerprint density at radius 1 is 1.40 bits per heavy atom. The van der Waals surface area contributed by atoms with Crippen LogP contribution in [0.4, 0.5) is 14.5 Å². The molecule has 1 heterocycles. The number of benzene rings is 1. The Hall–Kier alpha value is -1.20. The summed E-state index contributed by atoms with van der Waals surface area (Å²) in [5.74, 6) is -1.88. The van der Waals surface area contributed by atoms with Crippen LogP contribution in [0, 0.1) is 17.0 Å². The number of piperidine rings is 1. The van der Waals surface area contributed by atoms with Gasteiger partial charge in [-0.25, -0.2) is 8.78 Å². The van der Waals surface area contributed by atoms with Gasteiger partial charge in [0.1, 0.15) is 5.82 Å². The number of rotatable bonds is 3. The van der Waals surface area contributed by atoms with Crippen molar-refractivity contribution >= 4 is 23.2 Å². The molecule has 1 saturated heterocycles. The first kappa shape index (κ1) is 15.2. The van der Waals surface area contributed by atoms with Crippen molar-refractivity contribution in [3.05, 3.63) is 28.8 Å². The van der Waals surface area contributed by atoms with Gasteiger partial charge in [0, 0.05) is 6.07 Å². The summed E-state index contributed by atoms with van der Waals surface area (Å²) in [5.41, 5.74) is -0.667. The van der Waals surface area contributed by atoms with E-state index in [0.29, 0.717) is 25.3 Å². The van der Waals surface area contributed by atoms with Crippen LogP contribution in [0.15, 0.2) is 12.1 Å². The number of amides is 1. The lowest BCUT2D eigenvalue weighted by Crippen LogP contribution is -2.44. The van der Waals surface area contributed by atoms with Crippen molar-refractivity contribution in [1.82, 2.24) is 5.32 Å². The Morgan fingerprint density at radius 2 is 2.05 bits per heavy atom. The summed E-state index contributed by atoms with van der Waals surface area (Å²) in [6.07, 6.45) is 2.05. The van der Waals surface area contributed by atoms with E-state index >= 15 is 0 Å². The van der Waals surface area contributed by atoms with Crippen LogP contribution in [-0.4, -0.2) is 19.0 Å². The number of hydrogen-bond acceptors (Lipinski definition) is 2. The van der Waals surface area contributed by atoms with Gasteiger partial charge in [0.25, 0.3) is 0 Å². The zero-order valence-corrected chi connectivity index (χ0v) is 12.0. The molecule has 2 rings (SSSR count). The van der Waals surface area contributed by atoms with Gasteiger partial charge in [0.05, 0.1) is 16.1 Å². The van der Waals surface area contributed by atoms with E-state index < -0.39 is 17.0 Å². The van der Waals surface area contributed by atoms with Gasteiger partial charge < -0.3 is 10.6 Å². The molecule has 0 spiro atoms. The zero-order valence-electron chi connectivity index (χ0n) is 11.2. The highest BCUT2D eigenvalue weighted by Crippen LogP contribution is 2.35. The average Bonchev–Trinajstić information content (AvgIpc) is 2.43. The topological polar surface area (TPSA) is 41.1 Å². The summed E-state index contributed by atoms with van der Waals surface area (Å²) in [5, 5.41) is 5.59. The van der Waals surface area contributed by atoms with E-state index in [1.165, 1.54) is 0 Å². The van der Waals surface area contributed by atoms with Crippen LogP contribution in [0.25, 0.3) is 0 Å². The summed E-state index contributed by atoms with van der Waals surface area (Å²) in [7, 11) is 0. The highest BCUT2D eigenvalue weighted by Gasteiger charge is 2.38. The second-order valence-corrected chi connectivity index (χ2v) is 5.49. The predicted molar refractivity (Wildman–Crippen MR) is 74.8 cm³/mol. The Labute approximate surface area is 121 Å². The van der Waals surface area contributed by atoms with Crippen molar-refractivity contribution in [2.75, 3.05) is 18.4 Å². The largest absolute Gasteiger partial charge is 0.322 e. The molecule has 1 amide bonds. The molecule has 110 valence electrons. The van der Waals surface area contributed by atoms with Gasteiger partial charge in [-0.05, 0) is 38.4 Å². The fourth-order valence-electron chi connectivity index (χ4n) is 2.55. The molecule has 0 saturated carbocycles. The lowest BCUT2D eigenvalue weighted by Gasteiger charge is -2.35. The van der Waals surface area contributed by atoms with Crippen molar-refractivity contribution in [1.29, 1.82) is 0 Å². The smallest absolute Gasteiger partial charge is 0.230 e. The molecule has 3 nitrogen and oxygen atoms in total. The number of nitrogens with one attached hydrogen (secondary N) is 2. The van der Waals surface area contributed by atoms with Crippen molar-refractivity contribution < 1.29 is 13.6 Å². The van der Waals surface area contributed by atoms with Crippen LogP contribution in [0.3, 0.4) is 0 Å². The monoisotopic (exact) mass is 302 g/mol. The fraction of sp³-hybridized carbons (Fsp3) is 0.500. The van der Waals surface area contributed by atoms with Crippen LogP contribution >= 0.6 is 11.6 Å². The Bertz CT molecular complexity index is 493. The first-order chi connectivity index (χ1) is 9.48. The fourth-order valence-corrected chi connectivity index (χ4v) is 2.80. The molecular formula is C14H17ClF2N2O. The SMILES string of the molecule is CCC1(C(=O)Nc2c(F)cc(F)cc2Cl)CCNCC1. The van der Waals surface area contributed by atoms with Crippen molar-refractivity contribution in [2.24, 2.45) is 5.41 Å². The number of anilines is 1. The highest BCUT2D eigenvalue weighted by molar-refractivity contribution is 6.33. The van der Waals surface area contributed by atoms with Gasteiger partial charge in [0.15, 0.2) is 5.82 Å². The molecular weight excluding hydrogens is 286 g/mol. The molecule has 2 N–H and O–H groups in total. The molecule has 0 aromatic heterocycles. The molecule has 1 aliphatic heterocycles. The van der Waals surface area contributed by atoms with Crippen LogP contribution in [0.1, 0.15) is 26.2 Å². The molecule has 1 aromatic rings. The van der Waals surface area contributed by atoms with Crippen LogP contribution < -0.4 is 10.6 Å². The summed E-state index contributed by atoms with van der Waals surface area (Å²) in [6.45, 7) is 3.44. The summed E-state index contributed by atoms with van der Waals surface area (Å²) < 4.78 is 26.7. The third-order valence-corrected chi connectivity index (χ3v) is 4.26. The Kier molecular flexibility index (Phi) is 4.60. The average molecular weight is 303 g/mol. The van der Waals surface area contributed by atoms with E-state index in [1.54, 1.807) is 0 Å². The van der Waals surface area contributed by atoms with Crippen LogP contribution in [-0.2, 0) is 4.79 Å². The van der Waals surface area contributed by atoms with E-state index in [0.717, 1.165) is 19.2 Å². The summed E-state index contributed by atoms with van der Waals surface area (Å²) >= 11 is 5.80. The van der Waals surface area contributed by atoms with Crippen LogP contribution in [0.5, 0.6) is 0 Å². The van der Waals surface area contributed by atoms with Gasteiger partial charge in [-0.2, -0.15) is 0 Å². The van der Waals surface area contributed by atoms with Gasteiger partial charge in [-0.1, -0.05) is 18.5 Å². The third-order valence-electron chi connectivity index (χ3n) is 3.96. The molecule has 0 aliphatic carbocycles. The maximum atomic E-state index is 13.7. The number of halogens is 3. The zero-order chi connectivity index (χ0) is 14.8. The second kappa shape index (κ2) is 6.06. The molecule has 1 aliphatic rings. The third kappa shape index (κ3) is 2.94. The molecule has 20 heavy (non-hydrogen) atoms. The summed E-state index contributed by atoms with van der Waals surface area (Å²) in [4.78, 5) is 12.5. The molecule has 0 radical (unpaired) electrons. The van der Waals surface area contributed by atoms with Crippen molar-refractivity contribution in [2.45, 2.75) is 26.2 Å². The standard InChI is InChI=1S/C14H17ClF2N2O/c1-2-14(3-5-18-6-4-14)13(20)19-12-10(15)7-9(16)8-11(12)17/h7-8,18H,2-6H2,1H3,(H,19,20). The van der Waals surface area contributed by atoms with E-state index in [-0.39, 0.29) is 16.6 Å². The molecule has 6 heteroatoms. The number of carbonyl (C=O) groups excluding carboxylic acids is 1. The normalized spacial score (nSPS) is 17.8. The van der Waals surface area contributed by atoms with Crippen LogP contribution in [0.2, 0.25) is 5.02 Å². The lowest BCUT2D eigenvalue weighted by molar-refractivity contribution is -0.127. The Morgan fingerprint density at radius 3 is 2.60 bits per heavy atom. The summed E-state index contributed by atoms with van der Waals surface area (Å²) in [6, 6.07) is 1.70. The Balaban J connectivity index is 2.23. The molecule has 0 unspecified atom stereocenters. The first-order valence-electron chi connectivity index (χ1n) is 6.65. The lowest BCUT2D eigenvalue weighted by atomic mass is 9.76. The number of carbonyl (C=O) groups is 1. The van der Waals surface area contributed by atoms with E-state index in [9.17, 15) is 13.6 Å². The van der Waals surface area contributed by atoms with Crippen molar-refractivity contribution in [3.8, 4) is 0 Å². The first-order valence-corrected chi connectivity index (χ1v) is 7.03. The van der Waals surface area contributed by atoms with Gasteiger partial charge in [-0.3, -0.25) is 4.79 Å². The molecule has 1 fully saturated rings. The predicted octanol–water partition coefficient (Wildman–Crippen LogP) is 3.34. The minimum absolute atomic E-state index is 0.129. The second-order valence-electron chi connectivity index (χ2n) is 5.08. The highest BCUT2D eigenvalue weighted by atomic mass is 35.5. The van der Waals surface area contributed by atoms with Gasteiger partial charge in [0.2, 0.25) is 5.91 Å².